The van der Waals surface area contributed by atoms with E-state index in [9.17, 15) is 9.18 Å². The van der Waals surface area contributed by atoms with Crippen molar-refractivity contribution in [1.29, 1.82) is 0 Å². The van der Waals surface area contributed by atoms with Crippen molar-refractivity contribution >= 4 is 5.91 Å². The smallest absolute Gasteiger partial charge is 0.257 e. The van der Waals surface area contributed by atoms with Crippen LogP contribution in [0, 0.1) is 17.7 Å². The number of rotatable bonds is 3. The van der Waals surface area contributed by atoms with Crippen molar-refractivity contribution in [2.24, 2.45) is 5.73 Å². The van der Waals surface area contributed by atoms with Crippen LogP contribution >= 0.6 is 0 Å². The maximum atomic E-state index is 13.8. The van der Waals surface area contributed by atoms with Crippen LogP contribution in [0.5, 0.6) is 0 Å². The first-order valence-corrected chi connectivity index (χ1v) is 6.46. The molecule has 1 fully saturated rings. The van der Waals surface area contributed by atoms with E-state index in [1.54, 1.807) is 11.0 Å². The van der Waals surface area contributed by atoms with Crippen molar-refractivity contribution in [3.8, 4) is 11.8 Å². The second-order valence-corrected chi connectivity index (χ2v) is 4.52. The molecule has 3 nitrogen and oxygen atoms in total. The molecule has 1 amide bonds. The van der Waals surface area contributed by atoms with Gasteiger partial charge in [0.05, 0.1) is 12.1 Å². The van der Waals surface area contributed by atoms with E-state index in [0.717, 1.165) is 12.8 Å². The Labute approximate surface area is 112 Å². The Bertz CT molecular complexity index is 541. The Morgan fingerprint density at radius 1 is 1.53 bits per heavy atom. The molecule has 0 atom stereocenters. The van der Waals surface area contributed by atoms with Gasteiger partial charge in [-0.2, -0.15) is 0 Å². The maximum absolute atomic E-state index is 13.8. The van der Waals surface area contributed by atoms with Crippen LogP contribution in [0.1, 0.15) is 35.7 Å². The van der Waals surface area contributed by atoms with Gasteiger partial charge in [0, 0.05) is 18.2 Å². The highest BCUT2D eigenvalue weighted by atomic mass is 19.1. The summed E-state index contributed by atoms with van der Waals surface area (Å²) in [5, 5.41) is 0. The minimum atomic E-state index is -0.498. The van der Waals surface area contributed by atoms with Gasteiger partial charge in [-0.15, -0.1) is 0 Å². The summed E-state index contributed by atoms with van der Waals surface area (Å²) in [6.07, 6.45) is 2.02. The molecule has 4 heteroatoms. The van der Waals surface area contributed by atoms with Gasteiger partial charge in [-0.05, 0) is 38.0 Å². The highest BCUT2D eigenvalue weighted by molar-refractivity contribution is 5.95. The first-order chi connectivity index (χ1) is 9.17. The van der Waals surface area contributed by atoms with Crippen LogP contribution in [0.2, 0.25) is 0 Å². The third-order valence-electron chi connectivity index (χ3n) is 3.12. The molecule has 2 N–H and O–H groups in total. The van der Waals surface area contributed by atoms with Crippen LogP contribution < -0.4 is 5.73 Å². The number of carbonyl (C=O) groups excluding carboxylic acids is 1. The molecule has 0 spiro atoms. The third kappa shape index (κ3) is 3.12. The third-order valence-corrected chi connectivity index (χ3v) is 3.12. The van der Waals surface area contributed by atoms with Crippen molar-refractivity contribution in [3.63, 3.8) is 0 Å². The van der Waals surface area contributed by atoms with E-state index in [1.165, 1.54) is 12.1 Å². The molecule has 1 aliphatic rings. The lowest BCUT2D eigenvalue weighted by molar-refractivity contribution is 0.0748. The second kappa shape index (κ2) is 5.85. The SMILES string of the molecule is CCN(C(=O)c1cc(C#CCN)ccc1F)C1CC1. The van der Waals surface area contributed by atoms with Crippen molar-refractivity contribution in [1.82, 2.24) is 4.90 Å². The quantitative estimate of drug-likeness (QED) is 0.842. The molecule has 1 aliphatic carbocycles. The van der Waals surface area contributed by atoms with Gasteiger partial charge in [-0.3, -0.25) is 4.79 Å². The van der Waals surface area contributed by atoms with Crippen LogP contribution in [-0.4, -0.2) is 29.9 Å². The molecule has 1 aromatic carbocycles. The van der Waals surface area contributed by atoms with Crippen LogP contribution in [0.4, 0.5) is 4.39 Å². The van der Waals surface area contributed by atoms with E-state index in [1.807, 2.05) is 6.92 Å². The topological polar surface area (TPSA) is 46.3 Å². The number of hydrogen-bond acceptors (Lipinski definition) is 2. The van der Waals surface area contributed by atoms with Gasteiger partial charge >= 0.3 is 0 Å². The van der Waals surface area contributed by atoms with E-state index < -0.39 is 5.82 Å². The van der Waals surface area contributed by atoms with Gasteiger partial charge in [0.2, 0.25) is 0 Å². The number of halogens is 1. The van der Waals surface area contributed by atoms with E-state index in [0.29, 0.717) is 12.1 Å². The summed E-state index contributed by atoms with van der Waals surface area (Å²) in [7, 11) is 0. The minimum Gasteiger partial charge on any atom is -0.336 e. The summed E-state index contributed by atoms with van der Waals surface area (Å²) in [6, 6.07) is 4.62. The lowest BCUT2D eigenvalue weighted by Gasteiger charge is -2.20. The average molecular weight is 260 g/mol. The van der Waals surface area contributed by atoms with Crippen LogP contribution in [0.15, 0.2) is 18.2 Å². The lowest BCUT2D eigenvalue weighted by atomic mass is 10.1. The Morgan fingerprint density at radius 2 is 2.26 bits per heavy atom. The zero-order chi connectivity index (χ0) is 13.8. The minimum absolute atomic E-state index is 0.0950. The maximum Gasteiger partial charge on any atom is 0.257 e. The van der Waals surface area contributed by atoms with Crippen molar-refractivity contribution < 1.29 is 9.18 Å². The summed E-state index contributed by atoms with van der Waals surface area (Å²) in [5.41, 5.74) is 6.01. The van der Waals surface area contributed by atoms with Gasteiger partial charge in [0.25, 0.3) is 5.91 Å². The Morgan fingerprint density at radius 3 is 2.84 bits per heavy atom. The Hall–Kier alpha value is -1.86. The zero-order valence-corrected chi connectivity index (χ0v) is 10.9. The number of nitrogens with zero attached hydrogens (tertiary/aromatic N) is 1. The molecule has 0 aliphatic heterocycles. The fourth-order valence-electron chi connectivity index (χ4n) is 2.03. The van der Waals surface area contributed by atoms with Crippen LogP contribution in [-0.2, 0) is 0 Å². The zero-order valence-electron chi connectivity index (χ0n) is 10.9. The molecule has 0 radical (unpaired) electrons. The average Bonchev–Trinajstić information content (AvgIpc) is 3.23. The predicted octanol–water partition coefficient (Wildman–Crippen LogP) is 1.76. The second-order valence-electron chi connectivity index (χ2n) is 4.52. The number of benzene rings is 1. The summed E-state index contributed by atoms with van der Waals surface area (Å²) in [6.45, 7) is 2.75. The lowest BCUT2D eigenvalue weighted by Crippen LogP contribution is -2.33. The van der Waals surface area contributed by atoms with Crippen molar-refractivity contribution in [2.75, 3.05) is 13.1 Å². The van der Waals surface area contributed by atoms with E-state index in [4.69, 9.17) is 5.73 Å². The fraction of sp³-hybridized carbons (Fsp3) is 0.400. The predicted molar refractivity (Wildman–Crippen MR) is 72.1 cm³/mol. The van der Waals surface area contributed by atoms with E-state index in [-0.39, 0.29) is 24.1 Å². The molecule has 0 bridgehead atoms. The van der Waals surface area contributed by atoms with Crippen LogP contribution in [0.25, 0.3) is 0 Å². The largest absolute Gasteiger partial charge is 0.336 e. The summed E-state index contributed by atoms with van der Waals surface area (Å²) < 4.78 is 13.8. The number of hydrogen-bond donors (Lipinski definition) is 1. The normalized spacial score (nSPS) is 13.6. The van der Waals surface area contributed by atoms with Crippen molar-refractivity contribution in [3.05, 3.63) is 35.1 Å². The highest BCUT2D eigenvalue weighted by Gasteiger charge is 2.32. The van der Waals surface area contributed by atoms with E-state index in [2.05, 4.69) is 11.8 Å². The van der Waals surface area contributed by atoms with Crippen LogP contribution in [0.3, 0.4) is 0 Å². The van der Waals surface area contributed by atoms with Gasteiger partial charge in [0.1, 0.15) is 5.82 Å². The number of nitrogens with two attached hydrogens (primary N) is 1. The summed E-state index contributed by atoms with van der Waals surface area (Å²) in [5.74, 6) is 4.77. The molecule has 2 rings (SSSR count). The Balaban J connectivity index is 2.29. The molecule has 100 valence electrons. The first-order valence-electron chi connectivity index (χ1n) is 6.46. The molecule has 0 saturated heterocycles. The first kappa shape index (κ1) is 13.6. The number of amides is 1. The van der Waals surface area contributed by atoms with Gasteiger partial charge < -0.3 is 10.6 Å². The summed E-state index contributed by atoms with van der Waals surface area (Å²) >= 11 is 0. The highest BCUT2D eigenvalue weighted by Crippen LogP contribution is 2.28. The van der Waals surface area contributed by atoms with Gasteiger partial charge in [-0.1, -0.05) is 11.8 Å². The molecule has 0 heterocycles. The van der Waals surface area contributed by atoms with Crippen molar-refractivity contribution in [2.45, 2.75) is 25.8 Å². The molecule has 0 unspecified atom stereocenters. The van der Waals surface area contributed by atoms with E-state index >= 15 is 0 Å². The fourth-order valence-corrected chi connectivity index (χ4v) is 2.03. The molecule has 19 heavy (non-hydrogen) atoms. The molecule has 1 aromatic rings. The number of carbonyl (C=O) groups is 1. The van der Waals surface area contributed by atoms with Gasteiger partial charge in [-0.25, -0.2) is 4.39 Å². The molecule has 1 saturated carbocycles. The molecular formula is C15H17FN2O. The Kier molecular flexibility index (Phi) is 4.18. The summed E-state index contributed by atoms with van der Waals surface area (Å²) in [4.78, 5) is 14.0. The van der Waals surface area contributed by atoms with Gasteiger partial charge in [0.15, 0.2) is 0 Å². The molecular weight excluding hydrogens is 243 g/mol. The standard InChI is InChI=1S/C15H17FN2O/c1-2-18(12-6-7-12)15(19)13-10-11(4-3-9-17)5-8-14(13)16/h5,8,10,12H,2,6-7,9,17H2,1H3. The monoisotopic (exact) mass is 260 g/mol. The molecule has 0 aromatic heterocycles.